The number of pyridine rings is 1. The first-order valence-corrected chi connectivity index (χ1v) is 31.8. The molecule has 6 aromatic rings. The molecule has 4 fully saturated rings. The van der Waals surface area contributed by atoms with Crippen molar-refractivity contribution in [1.82, 2.24) is 44.6 Å². The minimum atomic E-state index is -4.39. The molecule has 3 amide bonds. The molecule has 4 aliphatic rings. The van der Waals surface area contributed by atoms with E-state index in [-0.39, 0.29) is 50.4 Å². The van der Waals surface area contributed by atoms with Crippen LogP contribution in [0.1, 0.15) is 99.4 Å². The first-order chi connectivity index (χ1) is 41.9. The lowest BCUT2D eigenvalue weighted by Crippen LogP contribution is -2.59. The topological polar surface area (TPSA) is 260 Å². The SMILES string of the molecule is Cc1ncsc1-c1ccc([C@H](C)NC(=O)[C@@H]2C[C@@H](OC(=O)CCC(=O)O)CN2C(=O)[C@@H](NC(=O)CN2CCC(N3CCN(c4ccc(-c5cnc6[nH]cc(C(=O)c7c(F)ccc(NS(=O)(=O)N8CC[C@@H](F)C8)c7F)c6c5)cc4)CC3)CC2)C(C)(C)C)cc1. The summed E-state index contributed by atoms with van der Waals surface area (Å²) in [5.74, 6) is -6.85. The highest BCUT2D eigenvalue weighted by molar-refractivity contribution is 7.90. The zero-order valence-corrected chi connectivity index (χ0v) is 51.2. The fourth-order valence-corrected chi connectivity index (χ4v) is 14.1. The summed E-state index contributed by atoms with van der Waals surface area (Å²) in [4.78, 5) is 102. The molecule has 10 rings (SSSR count). The first-order valence-electron chi connectivity index (χ1n) is 29.5. The Morgan fingerprint density at radius 1 is 0.852 bits per heavy atom. The Morgan fingerprint density at radius 2 is 1.56 bits per heavy atom. The van der Waals surface area contributed by atoms with Gasteiger partial charge in [-0.15, -0.1) is 11.3 Å². The molecule has 0 aliphatic carbocycles. The number of halogens is 3. The number of aryl methyl sites for hydroxylation is 1. The van der Waals surface area contributed by atoms with Gasteiger partial charge in [0, 0.05) is 99.4 Å². The molecule has 3 aromatic heterocycles. The van der Waals surface area contributed by atoms with Gasteiger partial charge < -0.3 is 35.3 Å². The van der Waals surface area contributed by atoms with E-state index in [2.05, 4.69) is 40.3 Å². The molecule has 7 heterocycles. The van der Waals surface area contributed by atoms with Crippen molar-refractivity contribution < 1.29 is 60.2 Å². The van der Waals surface area contributed by atoms with E-state index in [1.165, 1.54) is 22.4 Å². The van der Waals surface area contributed by atoms with E-state index in [0.717, 1.165) is 88.4 Å². The highest BCUT2D eigenvalue weighted by atomic mass is 32.2. The van der Waals surface area contributed by atoms with Gasteiger partial charge in [0.1, 0.15) is 35.8 Å². The number of carbonyl (C=O) groups is 6. The van der Waals surface area contributed by atoms with Crippen LogP contribution in [-0.2, 0) is 38.9 Å². The molecule has 5 N–H and O–H groups in total. The van der Waals surface area contributed by atoms with Gasteiger partial charge in [0.25, 0.3) is 0 Å². The average molecular weight is 1250 g/mol. The maximum Gasteiger partial charge on any atom is 0.306 e. The number of thiazole rings is 1. The number of ether oxygens (including phenoxy) is 1. The van der Waals surface area contributed by atoms with Crippen LogP contribution in [0, 0.1) is 24.0 Å². The number of hydrogen-bond acceptors (Lipinski definition) is 15. The second-order valence-electron chi connectivity index (χ2n) is 24.1. The van der Waals surface area contributed by atoms with Crippen LogP contribution in [0.15, 0.2) is 84.6 Å². The number of aromatic nitrogens is 3. The standard InChI is InChI=1S/C62H72F3N11O10S2/c1-36(38-6-8-40(9-7-38)57-37(2)68-35-87-57)69-60(82)50-29-45(86-53(80)17-16-52(78)79)33-76(50)61(83)58(62(3,4)5)70-51(77)34-72-21-19-44(20-22-72)74-26-24-73(25-27-74)43-12-10-39(11-13-43)41-28-46-47(31-67-59(46)66-30-41)56(81)54-48(64)14-15-49(55(54)65)71-88(84,85)75-23-18-42(63)32-75/h6-15,28,30-31,35-36,42,44-45,50,58,71H,16-27,29,32-34H2,1-5H3,(H,66,67)(H,69,82)(H,70,77)(H,78,79)/t36-,42+,45+,50-,58+/m0/s1. The molecule has 0 saturated carbocycles. The van der Waals surface area contributed by atoms with E-state index in [0.29, 0.717) is 35.7 Å². The van der Waals surface area contributed by atoms with Gasteiger partial charge in [-0.25, -0.2) is 23.1 Å². The molecule has 3 aromatic carbocycles. The summed E-state index contributed by atoms with van der Waals surface area (Å²) >= 11 is 1.54. The van der Waals surface area contributed by atoms with E-state index in [4.69, 9.17) is 9.84 Å². The van der Waals surface area contributed by atoms with E-state index in [1.807, 2.05) is 87.9 Å². The molecule has 4 saturated heterocycles. The van der Waals surface area contributed by atoms with Crippen LogP contribution in [0.5, 0.6) is 0 Å². The van der Waals surface area contributed by atoms with Crippen molar-refractivity contribution in [2.75, 3.05) is 75.1 Å². The number of carboxylic acids is 1. The number of anilines is 2. The van der Waals surface area contributed by atoms with E-state index in [9.17, 15) is 41.6 Å². The zero-order chi connectivity index (χ0) is 62.8. The van der Waals surface area contributed by atoms with Crippen molar-refractivity contribution in [3.8, 4) is 21.6 Å². The monoisotopic (exact) mass is 1250 g/mol. The number of ketones is 1. The number of alkyl halides is 1. The zero-order valence-electron chi connectivity index (χ0n) is 49.6. The number of aromatic amines is 1. The van der Waals surface area contributed by atoms with Gasteiger partial charge >= 0.3 is 22.1 Å². The van der Waals surface area contributed by atoms with Gasteiger partial charge in [0.05, 0.1) is 59.3 Å². The number of piperidine rings is 1. The Balaban J connectivity index is 0.716. The largest absolute Gasteiger partial charge is 0.481 e. The molecule has 0 unspecified atom stereocenters. The number of fused-ring (bicyclic) bond motifs is 1. The van der Waals surface area contributed by atoms with Crippen molar-refractivity contribution in [3.05, 3.63) is 119 Å². The third-order valence-electron chi connectivity index (χ3n) is 17.0. The lowest BCUT2D eigenvalue weighted by molar-refractivity contribution is -0.152. The van der Waals surface area contributed by atoms with Gasteiger partial charge in [-0.3, -0.25) is 43.3 Å². The summed E-state index contributed by atoms with van der Waals surface area (Å²) in [6, 6.07) is 16.8. The highest BCUT2D eigenvalue weighted by Gasteiger charge is 2.47. The fourth-order valence-electron chi connectivity index (χ4n) is 12.0. The Morgan fingerprint density at radius 3 is 2.20 bits per heavy atom. The van der Waals surface area contributed by atoms with Crippen LogP contribution in [0.4, 0.5) is 24.5 Å². The van der Waals surface area contributed by atoms with Gasteiger partial charge in [0.2, 0.25) is 23.5 Å². The number of piperazine rings is 1. The molecular weight excluding hydrogens is 1180 g/mol. The van der Waals surface area contributed by atoms with Gasteiger partial charge in [-0.05, 0) is 85.5 Å². The number of nitrogens with zero attached hydrogens (tertiary/aromatic N) is 7. The van der Waals surface area contributed by atoms with Crippen LogP contribution in [-0.4, -0.2) is 179 Å². The average Bonchev–Trinajstić information content (AvgIpc) is 3.72. The number of aliphatic carboxylic acids is 1. The molecule has 5 atom stereocenters. The van der Waals surface area contributed by atoms with E-state index < -0.39 is 111 Å². The van der Waals surface area contributed by atoms with Gasteiger partial charge in [-0.1, -0.05) is 57.2 Å². The van der Waals surface area contributed by atoms with Crippen LogP contribution in [0.3, 0.4) is 0 Å². The Hall–Kier alpha value is -7.78. The lowest BCUT2D eigenvalue weighted by Gasteiger charge is -2.43. The minimum absolute atomic E-state index is 0.0161. The summed E-state index contributed by atoms with van der Waals surface area (Å²) in [5.41, 5.74) is 4.77. The molecule has 0 bridgehead atoms. The number of likely N-dealkylation sites (tertiary alicyclic amines) is 2. The van der Waals surface area contributed by atoms with Crippen molar-refractivity contribution in [2.45, 2.75) is 110 Å². The summed E-state index contributed by atoms with van der Waals surface area (Å²) in [6.07, 6.45) is 1.50. The van der Waals surface area contributed by atoms with Crippen molar-refractivity contribution in [2.24, 2.45) is 5.41 Å². The molecule has 21 nitrogen and oxygen atoms in total. The van der Waals surface area contributed by atoms with E-state index in [1.54, 1.807) is 17.8 Å². The molecule has 468 valence electrons. The maximum absolute atomic E-state index is 15.9. The third kappa shape index (κ3) is 14.4. The number of amides is 3. The van der Waals surface area contributed by atoms with Crippen molar-refractivity contribution in [1.29, 1.82) is 0 Å². The predicted molar refractivity (Wildman–Crippen MR) is 325 cm³/mol. The number of hydrogen-bond donors (Lipinski definition) is 5. The molecule has 0 spiro atoms. The van der Waals surface area contributed by atoms with Gasteiger partial charge in [0.15, 0.2) is 5.82 Å². The third-order valence-corrected chi connectivity index (χ3v) is 19.4. The molecular formula is C62H72F3N11O10S2. The second-order valence-corrected chi connectivity index (χ2v) is 26.6. The molecule has 0 radical (unpaired) electrons. The van der Waals surface area contributed by atoms with Crippen LogP contribution < -0.4 is 20.3 Å². The van der Waals surface area contributed by atoms with Crippen LogP contribution in [0.25, 0.3) is 32.6 Å². The number of rotatable bonds is 20. The smallest absolute Gasteiger partial charge is 0.306 e. The number of carboxylic acid groups (broad SMARTS) is 1. The Bertz CT molecular complexity index is 3700. The van der Waals surface area contributed by atoms with E-state index >= 15 is 8.78 Å². The summed E-state index contributed by atoms with van der Waals surface area (Å²) in [6.45, 7) is 13.2. The lowest BCUT2D eigenvalue weighted by atomic mass is 9.85. The van der Waals surface area contributed by atoms with Gasteiger partial charge in [-0.2, -0.15) is 12.7 Å². The second kappa shape index (κ2) is 26.5. The van der Waals surface area contributed by atoms with Crippen molar-refractivity contribution in [3.63, 3.8) is 0 Å². The predicted octanol–water partition coefficient (Wildman–Crippen LogP) is 7.24. The number of H-pyrrole nitrogens is 1. The summed E-state index contributed by atoms with van der Waals surface area (Å²) in [7, 11) is -4.39. The Kier molecular flexibility index (Phi) is 19.1. The minimum Gasteiger partial charge on any atom is -0.481 e. The molecule has 26 heteroatoms. The molecule has 88 heavy (non-hydrogen) atoms. The molecule has 4 aliphatic heterocycles. The quantitative estimate of drug-likeness (QED) is 0.0373. The first kappa shape index (κ1) is 63.2. The normalized spacial score (nSPS) is 19.8. The maximum atomic E-state index is 15.9. The summed E-state index contributed by atoms with van der Waals surface area (Å²) < 4.78 is 79.2. The Labute approximate surface area is 512 Å². The fraction of sp³-hybridized carbons (Fsp3) is 0.452. The van der Waals surface area contributed by atoms with Crippen molar-refractivity contribution >= 4 is 79.4 Å². The van der Waals surface area contributed by atoms with Crippen LogP contribution >= 0.6 is 11.3 Å². The summed E-state index contributed by atoms with van der Waals surface area (Å²) in [5, 5.41) is 15.5. The highest BCUT2D eigenvalue weighted by Crippen LogP contribution is 2.34. The number of nitrogens with one attached hydrogen (secondary N) is 4. The number of carbonyl (C=O) groups excluding carboxylic acids is 5. The van der Waals surface area contributed by atoms with Crippen LogP contribution in [0.2, 0.25) is 0 Å². The number of esters is 1. The number of benzene rings is 3.